The van der Waals surface area contributed by atoms with E-state index in [2.05, 4.69) is 31.4 Å². The van der Waals surface area contributed by atoms with Gasteiger partial charge in [0.05, 0.1) is 0 Å². The Morgan fingerprint density at radius 1 is 1.28 bits per heavy atom. The smallest absolute Gasteiger partial charge is 0.251 e. The van der Waals surface area contributed by atoms with Gasteiger partial charge in [-0.05, 0) is 36.5 Å². The zero-order valence-electron chi connectivity index (χ0n) is 11.8. The van der Waals surface area contributed by atoms with Crippen molar-refractivity contribution < 1.29 is 4.79 Å². The highest BCUT2D eigenvalue weighted by atomic mass is 16.1. The first-order valence-electron chi connectivity index (χ1n) is 6.59. The van der Waals surface area contributed by atoms with E-state index in [9.17, 15) is 4.79 Å². The van der Waals surface area contributed by atoms with Crippen LogP contribution in [-0.2, 0) is 0 Å². The Hall–Kier alpha value is -1.51. The highest BCUT2D eigenvalue weighted by Gasteiger charge is 2.06. The summed E-state index contributed by atoms with van der Waals surface area (Å²) in [6, 6.07) is 7.61. The van der Waals surface area contributed by atoms with Crippen molar-refractivity contribution in [1.29, 1.82) is 0 Å². The molecule has 0 aromatic heterocycles. The van der Waals surface area contributed by atoms with Gasteiger partial charge in [-0.3, -0.25) is 4.79 Å². The molecule has 2 N–H and O–H groups in total. The quantitative estimate of drug-likeness (QED) is 0.812. The minimum Gasteiger partial charge on any atom is -0.385 e. The molecule has 0 saturated heterocycles. The van der Waals surface area contributed by atoms with Gasteiger partial charge in [0.2, 0.25) is 0 Å². The number of anilines is 1. The van der Waals surface area contributed by atoms with Crippen molar-refractivity contribution in [2.24, 2.45) is 11.8 Å². The minimum atomic E-state index is -0.0473. The highest BCUT2D eigenvalue weighted by molar-refractivity contribution is 5.94. The van der Waals surface area contributed by atoms with Crippen LogP contribution in [0.25, 0.3) is 0 Å². The molecule has 1 amide bonds. The van der Waals surface area contributed by atoms with Gasteiger partial charge in [-0.2, -0.15) is 0 Å². The standard InChI is InChI=1S/C15H24N2O/c1-11(2)8-12(3)10-17-14-7-5-6-13(9-14)15(18)16-4/h5-7,9,11-12,17H,8,10H2,1-4H3,(H,16,18). The lowest BCUT2D eigenvalue weighted by molar-refractivity contribution is 0.0963. The molecule has 0 aliphatic rings. The third kappa shape index (κ3) is 4.78. The van der Waals surface area contributed by atoms with E-state index in [1.807, 2.05) is 24.3 Å². The van der Waals surface area contributed by atoms with Gasteiger partial charge in [-0.15, -0.1) is 0 Å². The zero-order valence-corrected chi connectivity index (χ0v) is 11.8. The van der Waals surface area contributed by atoms with E-state index >= 15 is 0 Å². The molecule has 1 aromatic carbocycles. The molecule has 0 spiro atoms. The van der Waals surface area contributed by atoms with E-state index in [1.54, 1.807) is 7.05 Å². The van der Waals surface area contributed by atoms with Crippen molar-refractivity contribution in [3.63, 3.8) is 0 Å². The third-order valence-corrected chi connectivity index (χ3v) is 2.88. The second-order valence-corrected chi connectivity index (χ2v) is 5.28. The van der Waals surface area contributed by atoms with Crippen molar-refractivity contribution in [2.75, 3.05) is 18.9 Å². The average molecular weight is 248 g/mol. The lowest BCUT2D eigenvalue weighted by Gasteiger charge is -2.15. The van der Waals surface area contributed by atoms with Gasteiger partial charge in [0, 0.05) is 24.8 Å². The van der Waals surface area contributed by atoms with Crippen LogP contribution < -0.4 is 10.6 Å². The van der Waals surface area contributed by atoms with Gasteiger partial charge < -0.3 is 10.6 Å². The number of hydrogen-bond acceptors (Lipinski definition) is 2. The number of nitrogens with one attached hydrogen (secondary N) is 2. The van der Waals surface area contributed by atoms with Crippen LogP contribution in [0, 0.1) is 11.8 Å². The van der Waals surface area contributed by atoms with Crippen LogP contribution in [0.5, 0.6) is 0 Å². The number of carbonyl (C=O) groups is 1. The molecule has 3 heteroatoms. The molecule has 0 saturated carbocycles. The average Bonchev–Trinajstić information content (AvgIpc) is 2.35. The van der Waals surface area contributed by atoms with Gasteiger partial charge in [-0.25, -0.2) is 0 Å². The molecular formula is C15H24N2O. The van der Waals surface area contributed by atoms with Crippen molar-refractivity contribution in [1.82, 2.24) is 5.32 Å². The van der Waals surface area contributed by atoms with Crippen LogP contribution in [0.4, 0.5) is 5.69 Å². The Labute approximate surface area is 110 Å². The minimum absolute atomic E-state index is 0.0473. The fourth-order valence-corrected chi connectivity index (χ4v) is 2.09. The van der Waals surface area contributed by atoms with Crippen molar-refractivity contribution in [2.45, 2.75) is 27.2 Å². The molecule has 1 atom stereocenters. The summed E-state index contributed by atoms with van der Waals surface area (Å²) < 4.78 is 0. The molecule has 0 bridgehead atoms. The van der Waals surface area contributed by atoms with Crippen LogP contribution in [0.2, 0.25) is 0 Å². The number of rotatable bonds is 6. The van der Waals surface area contributed by atoms with Crippen LogP contribution in [-0.4, -0.2) is 19.5 Å². The number of benzene rings is 1. The summed E-state index contributed by atoms with van der Waals surface area (Å²) in [5, 5.41) is 6.02. The predicted octanol–water partition coefficient (Wildman–Crippen LogP) is 3.14. The highest BCUT2D eigenvalue weighted by Crippen LogP contribution is 2.14. The summed E-state index contributed by atoms with van der Waals surface area (Å²) in [6.07, 6.45) is 1.21. The first-order chi connectivity index (χ1) is 8.52. The third-order valence-electron chi connectivity index (χ3n) is 2.88. The first kappa shape index (κ1) is 14.6. The summed E-state index contributed by atoms with van der Waals surface area (Å²) >= 11 is 0. The molecular weight excluding hydrogens is 224 g/mol. The Balaban J connectivity index is 2.55. The molecule has 18 heavy (non-hydrogen) atoms. The summed E-state index contributed by atoms with van der Waals surface area (Å²) in [6.45, 7) is 7.66. The lowest BCUT2D eigenvalue weighted by atomic mass is 9.99. The van der Waals surface area contributed by atoms with E-state index in [1.165, 1.54) is 6.42 Å². The normalized spacial score (nSPS) is 12.3. The molecule has 0 aliphatic heterocycles. The number of amides is 1. The molecule has 0 fully saturated rings. The zero-order chi connectivity index (χ0) is 13.5. The Bertz CT molecular complexity index is 388. The molecule has 100 valence electrons. The maximum absolute atomic E-state index is 11.5. The Morgan fingerprint density at radius 3 is 2.61 bits per heavy atom. The molecule has 0 radical (unpaired) electrons. The molecule has 1 aromatic rings. The van der Waals surface area contributed by atoms with Gasteiger partial charge in [0.25, 0.3) is 5.91 Å². The van der Waals surface area contributed by atoms with Gasteiger partial charge in [-0.1, -0.05) is 26.8 Å². The molecule has 0 heterocycles. The monoisotopic (exact) mass is 248 g/mol. The van der Waals surface area contributed by atoms with E-state index in [4.69, 9.17) is 0 Å². The fraction of sp³-hybridized carbons (Fsp3) is 0.533. The van der Waals surface area contributed by atoms with E-state index in [-0.39, 0.29) is 5.91 Å². The van der Waals surface area contributed by atoms with Crippen molar-refractivity contribution in [3.8, 4) is 0 Å². The maximum atomic E-state index is 11.5. The van der Waals surface area contributed by atoms with Gasteiger partial charge in [0.15, 0.2) is 0 Å². The molecule has 1 rings (SSSR count). The summed E-state index contributed by atoms with van der Waals surface area (Å²) in [7, 11) is 1.65. The maximum Gasteiger partial charge on any atom is 0.251 e. The SMILES string of the molecule is CNC(=O)c1cccc(NCC(C)CC(C)C)c1. The van der Waals surface area contributed by atoms with Gasteiger partial charge in [0.1, 0.15) is 0 Å². The summed E-state index contributed by atoms with van der Waals surface area (Å²) in [5.74, 6) is 1.31. The number of hydrogen-bond donors (Lipinski definition) is 2. The van der Waals surface area contributed by atoms with E-state index in [0.717, 1.165) is 18.2 Å². The largest absolute Gasteiger partial charge is 0.385 e. The van der Waals surface area contributed by atoms with E-state index in [0.29, 0.717) is 11.5 Å². The molecule has 1 unspecified atom stereocenters. The predicted molar refractivity (Wildman–Crippen MR) is 76.9 cm³/mol. The fourth-order valence-electron chi connectivity index (χ4n) is 2.09. The molecule has 0 aliphatic carbocycles. The topological polar surface area (TPSA) is 41.1 Å². The Kier molecular flexibility index (Phi) is 5.69. The second-order valence-electron chi connectivity index (χ2n) is 5.28. The summed E-state index contributed by atoms with van der Waals surface area (Å²) in [4.78, 5) is 11.5. The lowest BCUT2D eigenvalue weighted by Crippen LogP contribution is -2.18. The van der Waals surface area contributed by atoms with Crippen molar-refractivity contribution >= 4 is 11.6 Å². The second kappa shape index (κ2) is 7.04. The Morgan fingerprint density at radius 2 is 2.00 bits per heavy atom. The van der Waals surface area contributed by atoms with Crippen LogP contribution in [0.15, 0.2) is 24.3 Å². The molecule has 3 nitrogen and oxygen atoms in total. The first-order valence-corrected chi connectivity index (χ1v) is 6.59. The van der Waals surface area contributed by atoms with E-state index < -0.39 is 0 Å². The van der Waals surface area contributed by atoms with Crippen LogP contribution in [0.3, 0.4) is 0 Å². The number of carbonyl (C=O) groups excluding carboxylic acids is 1. The van der Waals surface area contributed by atoms with Crippen LogP contribution in [0.1, 0.15) is 37.6 Å². The van der Waals surface area contributed by atoms with Crippen molar-refractivity contribution in [3.05, 3.63) is 29.8 Å². The van der Waals surface area contributed by atoms with Gasteiger partial charge >= 0.3 is 0 Å². The van der Waals surface area contributed by atoms with Crippen LogP contribution >= 0.6 is 0 Å². The summed E-state index contributed by atoms with van der Waals surface area (Å²) in [5.41, 5.74) is 1.70.